The molecule has 4 rings (SSSR count). The molecule has 0 aliphatic carbocycles. The molecule has 0 N–H and O–H groups in total. The molecular weight excluding hydrogens is 352 g/mol. The van der Waals surface area contributed by atoms with E-state index >= 15 is 0 Å². The molecule has 1 saturated heterocycles. The van der Waals surface area contributed by atoms with Gasteiger partial charge in [0.2, 0.25) is 11.8 Å². The molecule has 2 aliphatic heterocycles. The smallest absolute Gasteiger partial charge is 0.245 e. The summed E-state index contributed by atoms with van der Waals surface area (Å²) in [4.78, 5) is 35.5. The normalized spacial score (nSPS) is 20.0. The molecule has 3 heterocycles. The Morgan fingerprint density at radius 3 is 2.36 bits per heavy atom. The molecule has 0 saturated carbocycles. The van der Waals surface area contributed by atoms with Gasteiger partial charge in [-0.15, -0.1) is 0 Å². The van der Waals surface area contributed by atoms with E-state index in [2.05, 4.69) is 16.0 Å². The Bertz CT molecular complexity index is 847. The molecular formula is C22H26N4O2. The maximum absolute atomic E-state index is 13.2. The molecule has 6 nitrogen and oxygen atoms in total. The van der Waals surface area contributed by atoms with Gasteiger partial charge in [0.15, 0.2) is 0 Å². The van der Waals surface area contributed by atoms with Crippen LogP contribution in [0.25, 0.3) is 0 Å². The van der Waals surface area contributed by atoms with Crippen LogP contribution < -0.4 is 0 Å². The fourth-order valence-electron chi connectivity index (χ4n) is 4.16. The van der Waals surface area contributed by atoms with E-state index in [0.717, 1.165) is 25.2 Å². The lowest BCUT2D eigenvalue weighted by molar-refractivity contribution is -0.147. The predicted molar refractivity (Wildman–Crippen MR) is 106 cm³/mol. The third-order valence-electron chi connectivity index (χ3n) is 5.78. The number of piperazine rings is 1. The van der Waals surface area contributed by atoms with Gasteiger partial charge in [-0.2, -0.15) is 0 Å². The van der Waals surface area contributed by atoms with Crippen molar-refractivity contribution in [3.8, 4) is 0 Å². The summed E-state index contributed by atoms with van der Waals surface area (Å²) in [6.45, 7) is 6.04. The summed E-state index contributed by atoms with van der Waals surface area (Å²) in [5, 5.41) is 0. The Morgan fingerprint density at radius 1 is 1.00 bits per heavy atom. The Hall–Kier alpha value is -2.73. The van der Waals surface area contributed by atoms with Crippen molar-refractivity contribution in [2.75, 3.05) is 26.2 Å². The van der Waals surface area contributed by atoms with Crippen molar-refractivity contribution in [3.05, 3.63) is 65.5 Å². The molecule has 6 heteroatoms. The fourth-order valence-corrected chi connectivity index (χ4v) is 4.16. The van der Waals surface area contributed by atoms with Crippen LogP contribution in [0.15, 0.2) is 48.8 Å². The average Bonchev–Trinajstić information content (AvgIpc) is 2.73. The molecule has 2 aliphatic rings. The molecule has 1 aromatic carbocycles. The van der Waals surface area contributed by atoms with Crippen LogP contribution in [0.1, 0.15) is 23.6 Å². The molecule has 28 heavy (non-hydrogen) atoms. The van der Waals surface area contributed by atoms with Crippen LogP contribution in [0.5, 0.6) is 0 Å². The molecule has 1 unspecified atom stereocenters. The largest absolute Gasteiger partial charge is 0.338 e. The highest BCUT2D eigenvalue weighted by Crippen LogP contribution is 2.25. The van der Waals surface area contributed by atoms with Gasteiger partial charge in [0.25, 0.3) is 0 Å². The van der Waals surface area contributed by atoms with Gasteiger partial charge in [-0.25, -0.2) is 0 Å². The van der Waals surface area contributed by atoms with Gasteiger partial charge < -0.3 is 9.80 Å². The van der Waals surface area contributed by atoms with E-state index in [-0.39, 0.29) is 17.9 Å². The molecule has 2 amide bonds. The van der Waals surface area contributed by atoms with E-state index in [0.29, 0.717) is 26.1 Å². The Kier molecular flexibility index (Phi) is 5.39. The molecule has 0 spiro atoms. The lowest BCUT2D eigenvalue weighted by Gasteiger charge is -2.41. The molecule has 146 valence electrons. The van der Waals surface area contributed by atoms with E-state index in [9.17, 15) is 9.59 Å². The third-order valence-corrected chi connectivity index (χ3v) is 5.78. The number of pyridine rings is 1. The zero-order chi connectivity index (χ0) is 19.5. The second kappa shape index (κ2) is 8.10. The maximum Gasteiger partial charge on any atom is 0.245 e. The van der Waals surface area contributed by atoms with Gasteiger partial charge in [0, 0.05) is 65.0 Å². The van der Waals surface area contributed by atoms with Gasteiger partial charge in [-0.3, -0.25) is 19.5 Å². The minimum Gasteiger partial charge on any atom is -0.338 e. The van der Waals surface area contributed by atoms with Crippen molar-refractivity contribution in [1.82, 2.24) is 19.7 Å². The van der Waals surface area contributed by atoms with E-state index < -0.39 is 0 Å². The summed E-state index contributed by atoms with van der Waals surface area (Å²) in [5.41, 5.74) is 3.56. The SMILES string of the molecule is CC(=O)N1Cc2ccccc2CC1C(=O)N1CCN(Cc2ccncc2)CC1. The average molecular weight is 378 g/mol. The Labute approximate surface area is 165 Å². The summed E-state index contributed by atoms with van der Waals surface area (Å²) in [7, 11) is 0. The van der Waals surface area contributed by atoms with Crippen LogP contribution in [-0.4, -0.2) is 63.7 Å². The number of aromatic nitrogens is 1. The highest BCUT2D eigenvalue weighted by atomic mass is 16.2. The van der Waals surface area contributed by atoms with Gasteiger partial charge in [0.05, 0.1) is 0 Å². The van der Waals surface area contributed by atoms with Crippen molar-refractivity contribution in [1.29, 1.82) is 0 Å². The number of rotatable bonds is 3. The molecule has 2 aromatic rings. The minimum absolute atomic E-state index is 0.0378. The fraction of sp³-hybridized carbons (Fsp3) is 0.409. The topological polar surface area (TPSA) is 56.8 Å². The van der Waals surface area contributed by atoms with E-state index in [4.69, 9.17) is 0 Å². The number of carbonyl (C=O) groups excluding carboxylic acids is 2. The summed E-state index contributed by atoms with van der Waals surface area (Å²) in [6.07, 6.45) is 4.23. The minimum atomic E-state index is -0.390. The summed E-state index contributed by atoms with van der Waals surface area (Å²) >= 11 is 0. The molecule has 1 aromatic heterocycles. The predicted octanol–water partition coefficient (Wildman–Crippen LogP) is 1.70. The Balaban J connectivity index is 1.41. The number of nitrogens with zero attached hydrogens (tertiary/aromatic N) is 4. The van der Waals surface area contributed by atoms with Gasteiger partial charge >= 0.3 is 0 Å². The first-order valence-corrected chi connectivity index (χ1v) is 9.86. The van der Waals surface area contributed by atoms with Crippen LogP contribution in [0.4, 0.5) is 0 Å². The Morgan fingerprint density at radius 2 is 1.68 bits per heavy atom. The summed E-state index contributed by atoms with van der Waals surface area (Å²) < 4.78 is 0. The molecule has 1 fully saturated rings. The maximum atomic E-state index is 13.2. The van der Waals surface area contributed by atoms with Crippen molar-refractivity contribution in [2.24, 2.45) is 0 Å². The number of carbonyl (C=O) groups is 2. The molecule has 0 bridgehead atoms. The lowest BCUT2D eigenvalue weighted by Crippen LogP contribution is -2.57. The van der Waals surface area contributed by atoms with Gasteiger partial charge in [-0.1, -0.05) is 24.3 Å². The van der Waals surface area contributed by atoms with Crippen molar-refractivity contribution in [2.45, 2.75) is 32.5 Å². The second-order valence-corrected chi connectivity index (χ2v) is 7.59. The summed E-state index contributed by atoms with van der Waals surface area (Å²) in [6, 6.07) is 11.8. The van der Waals surface area contributed by atoms with Crippen molar-refractivity contribution >= 4 is 11.8 Å². The van der Waals surface area contributed by atoms with E-state index in [1.165, 1.54) is 11.1 Å². The van der Waals surface area contributed by atoms with Gasteiger partial charge in [0.1, 0.15) is 6.04 Å². The van der Waals surface area contributed by atoms with Crippen LogP contribution in [0, 0.1) is 0 Å². The lowest BCUT2D eigenvalue weighted by atomic mass is 9.93. The van der Waals surface area contributed by atoms with E-state index in [1.807, 2.05) is 47.6 Å². The number of fused-ring (bicyclic) bond motifs is 1. The highest BCUT2D eigenvalue weighted by Gasteiger charge is 2.36. The van der Waals surface area contributed by atoms with Crippen molar-refractivity contribution in [3.63, 3.8) is 0 Å². The number of hydrogen-bond acceptors (Lipinski definition) is 4. The zero-order valence-corrected chi connectivity index (χ0v) is 16.3. The van der Waals surface area contributed by atoms with E-state index in [1.54, 1.807) is 11.8 Å². The first kappa shape index (κ1) is 18.6. The first-order valence-electron chi connectivity index (χ1n) is 9.86. The molecule has 0 radical (unpaired) electrons. The zero-order valence-electron chi connectivity index (χ0n) is 16.3. The van der Waals surface area contributed by atoms with Crippen LogP contribution in [0.2, 0.25) is 0 Å². The van der Waals surface area contributed by atoms with Crippen LogP contribution in [0.3, 0.4) is 0 Å². The van der Waals surface area contributed by atoms with Crippen LogP contribution in [-0.2, 0) is 29.1 Å². The van der Waals surface area contributed by atoms with Crippen LogP contribution >= 0.6 is 0 Å². The first-order chi connectivity index (χ1) is 13.6. The third kappa shape index (κ3) is 3.92. The highest BCUT2D eigenvalue weighted by molar-refractivity contribution is 5.88. The number of hydrogen-bond donors (Lipinski definition) is 0. The molecule has 1 atom stereocenters. The monoisotopic (exact) mass is 378 g/mol. The number of amides is 2. The quantitative estimate of drug-likeness (QED) is 0.816. The standard InChI is InChI=1S/C22H26N4O2/c1-17(27)26-16-20-5-3-2-4-19(20)14-21(26)22(28)25-12-10-24(11-13-25)15-18-6-8-23-9-7-18/h2-9,21H,10-16H2,1H3. The second-order valence-electron chi connectivity index (χ2n) is 7.59. The van der Waals surface area contributed by atoms with Crippen molar-refractivity contribution < 1.29 is 9.59 Å². The number of benzene rings is 1. The van der Waals surface area contributed by atoms with Gasteiger partial charge in [-0.05, 0) is 28.8 Å². The summed E-state index contributed by atoms with van der Waals surface area (Å²) in [5.74, 6) is 0.0393.